The van der Waals surface area contributed by atoms with Gasteiger partial charge in [0.25, 0.3) is 5.91 Å². The Kier molecular flexibility index (Phi) is 6.57. The molecule has 6 heteroatoms. The molecule has 1 saturated heterocycles. The second-order valence-electron chi connectivity index (χ2n) is 7.06. The first-order valence-electron chi connectivity index (χ1n) is 9.82. The van der Waals surface area contributed by atoms with Crippen molar-refractivity contribution in [3.05, 3.63) is 77.0 Å². The van der Waals surface area contributed by atoms with E-state index in [1.807, 2.05) is 50.2 Å². The van der Waals surface area contributed by atoms with Gasteiger partial charge in [-0.3, -0.25) is 9.69 Å². The minimum absolute atomic E-state index is 0.225. The summed E-state index contributed by atoms with van der Waals surface area (Å²) in [6, 6.07) is 11.4. The fourth-order valence-corrected chi connectivity index (χ4v) is 3.13. The first-order valence-corrected chi connectivity index (χ1v) is 9.82. The van der Waals surface area contributed by atoms with E-state index in [1.54, 1.807) is 12.2 Å². The van der Waals surface area contributed by atoms with Crippen molar-refractivity contribution in [3.63, 3.8) is 0 Å². The van der Waals surface area contributed by atoms with Gasteiger partial charge < -0.3 is 14.8 Å². The maximum absolute atomic E-state index is 12.2. The molecule has 0 radical (unpaired) electrons. The summed E-state index contributed by atoms with van der Waals surface area (Å²) in [6.07, 6.45) is 4.00. The van der Waals surface area contributed by atoms with Gasteiger partial charge in [-0.2, -0.15) is 0 Å². The molecule has 0 bridgehead atoms. The monoisotopic (exact) mass is 406 g/mol. The molecule has 1 heterocycles. The van der Waals surface area contributed by atoms with Gasteiger partial charge >= 0.3 is 6.03 Å². The van der Waals surface area contributed by atoms with Gasteiger partial charge in [0.2, 0.25) is 0 Å². The molecule has 2 aromatic rings. The number of carbonyl (C=O) groups excluding carboxylic acids is 2. The van der Waals surface area contributed by atoms with Crippen LogP contribution in [0.5, 0.6) is 11.5 Å². The van der Waals surface area contributed by atoms with Gasteiger partial charge in [0.1, 0.15) is 12.3 Å². The number of nitrogens with zero attached hydrogens (tertiary/aromatic N) is 1. The van der Waals surface area contributed by atoms with Crippen molar-refractivity contribution in [1.29, 1.82) is 0 Å². The molecule has 0 atom stereocenters. The first-order chi connectivity index (χ1) is 14.4. The number of benzene rings is 2. The Morgan fingerprint density at radius 1 is 1.13 bits per heavy atom. The quantitative estimate of drug-likeness (QED) is 0.405. The summed E-state index contributed by atoms with van der Waals surface area (Å²) >= 11 is 0. The molecule has 1 N–H and O–H groups in total. The number of hydrogen-bond acceptors (Lipinski definition) is 4. The Labute approximate surface area is 176 Å². The number of allylic oxidation sites excluding steroid dienone is 1. The molecule has 156 valence electrons. The number of amides is 3. The lowest BCUT2D eigenvalue weighted by Crippen LogP contribution is -2.25. The highest BCUT2D eigenvalue weighted by Gasteiger charge is 2.30. The summed E-state index contributed by atoms with van der Waals surface area (Å²) in [4.78, 5) is 24.9. The number of aryl methyl sites for hydroxylation is 1. The standard InChI is InChI=1S/C24H26N2O4/c1-5-7-19-12-18(13-20-23(27)26(4)24(28)25-20)14-21(29-6-2)22(19)30-15-17-10-8-16(3)9-11-17/h5,8-14H,1,6-7,15H2,2-4H3,(H,25,28)/b20-13+. The third-order valence-electron chi connectivity index (χ3n) is 4.71. The van der Waals surface area contributed by atoms with Crippen LogP contribution >= 0.6 is 0 Å². The van der Waals surface area contributed by atoms with E-state index in [0.29, 0.717) is 31.1 Å². The van der Waals surface area contributed by atoms with E-state index in [9.17, 15) is 9.59 Å². The molecule has 0 saturated carbocycles. The Bertz CT molecular complexity index is 993. The topological polar surface area (TPSA) is 67.9 Å². The van der Waals surface area contributed by atoms with Crippen LogP contribution in [0.2, 0.25) is 0 Å². The summed E-state index contributed by atoms with van der Waals surface area (Å²) in [5, 5.41) is 2.58. The third kappa shape index (κ3) is 4.71. The second-order valence-corrected chi connectivity index (χ2v) is 7.06. The van der Waals surface area contributed by atoms with Crippen LogP contribution in [0.1, 0.15) is 29.2 Å². The molecule has 0 aromatic heterocycles. The average Bonchev–Trinajstić information content (AvgIpc) is 2.96. The fourth-order valence-electron chi connectivity index (χ4n) is 3.13. The zero-order valence-corrected chi connectivity index (χ0v) is 17.5. The minimum Gasteiger partial charge on any atom is -0.490 e. The van der Waals surface area contributed by atoms with Crippen molar-refractivity contribution in [2.75, 3.05) is 13.7 Å². The van der Waals surface area contributed by atoms with E-state index in [1.165, 1.54) is 12.6 Å². The number of nitrogens with one attached hydrogen (secondary N) is 1. The molecule has 6 nitrogen and oxygen atoms in total. The van der Waals surface area contributed by atoms with E-state index in [-0.39, 0.29) is 11.6 Å². The smallest absolute Gasteiger partial charge is 0.328 e. The van der Waals surface area contributed by atoms with Gasteiger partial charge in [0.05, 0.1) is 6.61 Å². The van der Waals surface area contributed by atoms with E-state index in [0.717, 1.165) is 21.6 Å². The summed E-state index contributed by atoms with van der Waals surface area (Å²) in [5.41, 5.74) is 4.10. The highest BCUT2D eigenvalue weighted by atomic mass is 16.5. The van der Waals surface area contributed by atoms with Gasteiger partial charge in [-0.1, -0.05) is 35.9 Å². The molecule has 0 spiro atoms. The summed E-state index contributed by atoms with van der Waals surface area (Å²) in [5.74, 6) is 0.863. The van der Waals surface area contributed by atoms with Crippen LogP contribution in [0.25, 0.3) is 6.08 Å². The number of urea groups is 1. The molecule has 0 aliphatic carbocycles. The van der Waals surface area contributed by atoms with Gasteiger partial charge in [-0.05, 0) is 49.6 Å². The van der Waals surface area contributed by atoms with Crippen molar-refractivity contribution >= 4 is 18.0 Å². The van der Waals surface area contributed by atoms with Crippen LogP contribution in [0.3, 0.4) is 0 Å². The number of hydrogen-bond donors (Lipinski definition) is 1. The van der Waals surface area contributed by atoms with Crippen molar-refractivity contribution < 1.29 is 19.1 Å². The molecular formula is C24H26N2O4. The normalized spacial score (nSPS) is 14.8. The zero-order valence-electron chi connectivity index (χ0n) is 17.5. The second kappa shape index (κ2) is 9.31. The molecular weight excluding hydrogens is 380 g/mol. The Balaban J connectivity index is 1.95. The zero-order chi connectivity index (χ0) is 21.7. The van der Waals surface area contributed by atoms with Crippen LogP contribution in [-0.2, 0) is 17.8 Å². The molecule has 1 fully saturated rings. The number of imide groups is 1. The predicted octanol–water partition coefficient (Wildman–Crippen LogP) is 4.22. The molecule has 2 aromatic carbocycles. The van der Waals surface area contributed by atoms with Crippen LogP contribution in [0.4, 0.5) is 4.79 Å². The average molecular weight is 406 g/mol. The van der Waals surface area contributed by atoms with Crippen molar-refractivity contribution in [2.24, 2.45) is 0 Å². The van der Waals surface area contributed by atoms with Crippen LogP contribution < -0.4 is 14.8 Å². The number of likely N-dealkylation sites (N-methyl/N-ethyl adjacent to an activating group) is 1. The Morgan fingerprint density at radius 3 is 2.47 bits per heavy atom. The lowest BCUT2D eigenvalue weighted by molar-refractivity contribution is -0.121. The van der Waals surface area contributed by atoms with Gasteiger partial charge in [0.15, 0.2) is 11.5 Å². The summed E-state index contributed by atoms with van der Waals surface area (Å²) < 4.78 is 12.0. The van der Waals surface area contributed by atoms with Crippen LogP contribution in [0.15, 0.2) is 54.8 Å². The SMILES string of the molecule is C=CCc1cc(/C=C2/NC(=O)N(C)C2=O)cc(OCC)c1OCc1ccc(C)cc1. The molecule has 1 aliphatic heterocycles. The molecule has 1 aliphatic rings. The van der Waals surface area contributed by atoms with E-state index in [2.05, 4.69) is 11.9 Å². The maximum atomic E-state index is 12.2. The van der Waals surface area contributed by atoms with Gasteiger partial charge in [-0.15, -0.1) is 6.58 Å². The minimum atomic E-state index is -0.444. The van der Waals surface area contributed by atoms with Crippen molar-refractivity contribution in [2.45, 2.75) is 26.9 Å². The molecule has 3 rings (SSSR count). The Hall–Kier alpha value is -3.54. The number of carbonyl (C=O) groups is 2. The fraction of sp³-hybridized carbons (Fsp3) is 0.250. The predicted molar refractivity (Wildman–Crippen MR) is 116 cm³/mol. The van der Waals surface area contributed by atoms with Crippen LogP contribution in [-0.4, -0.2) is 30.5 Å². The highest BCUT2D eigenvalue weighted by molar-refractivity contribution is 6.13. The highest BCUT2D eigenvalue weighted by Crippen LogP contribution is 2.35. The number of ether oxygens (including phenoxy) is 2. The third-order valence-corrected chi connectivity index (χ3v) is 4.71. The molecule has 30 heavy (non-hydrogen) atoms. The van der Waals surface area contributed by atoms with Crippen molar-refractivity contribution in [3.8, 4) is 11.5 Å². The lowest BCUT2D eigenvalue weighted by atomic mass is 10.0. The Morgan fingerprint density at radius 2 is 1.87 bits per heavy atom. The van der Waals surface area contributed by atoms with E-state index < -0.39 is 6.03 Å². The lowest BCUT2D eigenvalue weighted by Gasteiger charge is -2.17. The van der Waals surface area contributed by atoms with Gasteiger partial charge in [-0.25, -0.2) is 4.79 Å². The maximum Gasteiger partial charge on any atom is 0.328 e. The summed E-state index contributed by atoms with van der Waals surface area (Å²) in [7, 11) is 1.44. The van der Waals surface area contributed by atoms with Crippen LogP contribution in [0, 0.1) is 6.92 Å². The van der Waals surface area contributed by atoms with E-state index in [4.69, 9.17) is 9.47 Å². The number of rotatable bonds is 8. The van der Waals surface area contributed by atoms with Gasteiger partial charge in [0, 0.05) is 12.6 Å². The van der Waals surface area contributed by atoms with E-state index >= 15 is 0 Å². The molecule has 3 amide bonds. The summed E-state index contributed by atoms with van der Waals surface area (Å²) in [6.45, 7) is 8.65. The largest absolute Gasteiger partial charge is 0.490 e. The van der Waals surface area contributed by atoms with Crippen molar-refractivity contribution in [1.82, 2.24) is 10.2 Å². The first kappa shape index (κ1) is 21.2. The molecule has 0 unspecified atom stereocenters.